The molecule has 0 radical (unpaired) electrons. The lowest BCUT2D eigenvalue weighted by atomic mass is 9.95. The van der Waals surface area contributed by atoms with E-state index in [2.05, 4.69) is 5.32 Å². The third kappa shape index (κ3) is 5.37. The highest BCUT2D eigenvalue weighted by atomic mass is 16.4. The molecule has 0 aromatic rings. The van der Waals surface area contributed by atoms with Crippen LogP contribution in [0.1, 0.15) is 27.7 Å². The molecule has 0 saturated heterocycles. The number of aliphatic carboxylic acids is 1. The van der Waals surface area contributed by atoms with Gasteiger partial charge in [-0.2, -0.15) is 0 Å². The normalized spacial score (nSPS) is 15.5. The first-order chi connectivity index (χ1) is 6.65. The van der Waals surface area contributed by atoms with Crippen LogP contribution >= 0.6 is 0 Å². The fraction of sp³-hybridized carbons (Fsp3) is 0.800. The van der Waals surface area contributed by atoms with Gasteiger partial charge in [-0.15, -0.1) is 0 Å². The molecule has 0 bridgehead atoms. The number of carbonyl (C=O) groups is 2. The van der Waals surface area contributed by atoms with Crippen molar-refractivity contribution in [1.29, 1.82) is 0 Å². The van der Waals surface area contributed by atoms with Crippen molar-refractivity contribution in [3.63, 3.8) is 0 Å². The maximum atomic E-state index is 11.5. The molecule has 2 atom stereocenters. The Morgan fingerprint density at radius 3 is 2.07 bits per heavy atom. The Bertz CT molecular complexity index is 244. The Morgan fingerprint density at radius 2 is 1.73 bits per heavy atom. The van der Waals surface area contributed by atoms with E-state index in [-0.39, 0.29) is 12.5 Å². The Hall–Kier alpha value is -1.10. The molecular formula is C10H19NO4. The second kappa shape index (κ2) is 5.11. The molecule has 2 unspecified atom stereocenters. The van der Waals surface area contributed by atoms with Crippen LogP contribution < -0.4 is 5.32 Å². The van der Waals surface area contributed by atoms with E-state index in [9.17, 15) is 14.7 Å². The number of rotatable bonds is 5. The molecule has 0 aliphatic rings. The predicted molar refractivity (Wildman–Crippen MR) is 55.3 cm³/mol. The zero-order valence-corrected chi connectivity index (χ0v) is 9.57. The van der Waals surface area contributed by atoms with Crippen molar-refractivity contribution < 1.29 is 19.8 Å². The highest BCUT2D eigenvalue weighted by Crippen LogP contribution is 2.11. The molecule has 88 valence electrons. The summed E-state index contributed by atoms with van der Waals surface area (Å²) in [6.07, 6.45) is 0. The summed E-state index contributed by atoms with van der Waals surface area (Å²) in [5, 5.41) is 20.6. The lowest BCUT2D eigenvalue weighted by molar-refractivity contribution is -0.146. The van der Waals surface area contributed by atoms with Crippen LogP contribution in [0.3, 0.4) is 0 Å². The Morgan fingerprint density at radius 1 is 1.27 bits per heavy atom. The Labute approximate surface area is 89.5 Å². The topological polar surface area (TPSA) is 86.6 Å². The lowest BCUT2D eigenvalue weighted by Gasteiger charge is -2.21. The minimum atomic E-state index is -0.999. The molecule has 0 aromatic carbocycles. The van der Waals surface area contributed by atoms with E-state index in [4.69, 9.17) is 5.11 Å². The van der Waals surface area contributed by atoms with Crippen molar-refractivity contribution in [3.8, 4) is 0 Å². The van der Waals surface area contributed by atoms with Gasteiger partial charge in [-0.05, 0) is 13.8 Å². The van der Waals surface area contributed by atoms with Gasteiger partial charge < -0.3 is 15.5 Å². The fourth-order valence-electron chi connectivity index (χ4n) is 0.905. The van der Waals surface area contributed by atoms with Gasteiger partial charge >= 0.3 is 5.97 Å². The Kier molecular flexibility index (Phi) is 4.74. The number of carboxylic acid groups (broad SMARTS) is 1. The SMILES string of the molecule is CC(C(=O)O)C(C)C(=O)NCC(C)(C)O. The van der Waals surface area contributed by atoms with Crippen molar-refractivity contribution in [2.24, 2.45) is 11.8 Å². The van der Waals surface area contributed by atoms with Gasteiger partial charge in [0, 0.05) is 12.5 Å². The zero-order valence-electron chi connectivity index (χ0n) is 9.57. The lowest BCUT2D eigenvalue weighted by Crippen LogP contribution is -2.42. The third-order valence-electron chi connectivity index (χ3n) is 2.25. The summed E-state index contributed by atoms with van der Waals surface area (Å²) in [6.45, 7) is 6.29. The van der Waals surface area contributed by atoms with Crippen molar-refractivity contribution in [1.82, 2.24) is 5.32 Å². The molecule has 0 rings (SSSR count). The smallest absolute Gasteiger partial charge is 0.307 e. The van der Waals surface area contributed by atoms with Crippen LogP contribution in [0, 0.1) is 11.8 Å². The van der Waals surface area contributed by atoms with E-state index in [1.807, 2.05) is 0 Å². The predicted octanol–water partition coefficient (Wildman–Crippen LogP) is 0.230. The van der Waals surface area contributed by atoms with Crippen molar-refractivity contribution >= 4 is 11.9 Å². The molecule has 0 aromatic heterocycles. The number of carboxylic acids is 1. The summed E-state index contributed by atoms with van der Waals surface area (Å²) in [6, 6.07) is 0. The number of hydrogen-bond donors (Lipinski definition) is 3. The summed E-state index contributed by atoms with van der Waals surface area (Å²) in [5.74, 6) is -2.69. The number of aliphatic hydroxyl groups is 1. The van der Waals surface area contributed by atoms with Gasteiger partial charge in [-0.1, -0.05) is 13.8 Å². The molecule has 5 nitrogen and oxygen atoms in total. The van der Waals surface area contributed by atoms with Crippen molar-refractivity contribution in [2.75, 3.05) is 6.54 Å². The van der Waals surface area contributed by atoms with Crippen LogP contribution in [0.2, 0.25) is 0 Å². The summed E-state index contributed by atoms with van der Waals surface area (Å²) >= 11 is 0. The monoisotopic (exact) mass is 217 g/mol. The van der Waals surface area contributed by atoms with Crippen molar-refractivity contribution in [2.45, 2.75) is 33.3 Å². The van der Waals surface area contributed by atoms with Gasteiger partial charge in [0.1, 0.15) is 0 Å². The first kappa shape index (κ1) is 13.9. The Balaban J connectivity index is 4.17. The molecule has 5 heteroatoms. The van der Waals surface area contributed by atoms with E-state index < -0.39 is 23.4 Å². The third-order valence-corrected chi connectivity index (χ3v) is 2.25. The average molecular weight is 217 g/mol. The average Bonchev–Trinajstić information content (AvgIpc) is 2.10. The van der Waals surface area contributed by atoms with Crippen LogP contribution in [0.25, 0.3) is 0 Å². The molecule has 0 spiro atoms. The van der Waals surface area contributed by atoms with E-state index in [0.29, 0.717) is 0 Å². The van der Waals surface area contributed by atoms with E-state index in [1.54, 1.807) is 20.8 Å². The first-order valence-electron chi connectivity index (χ1n) is 4.88. The maximum Gasteiger partial charge on any atom is 0.307 e. The van der Waals surface area contributed by atoms with Gasteiger partial charge in [-0.3, -0.25) is 9.59 Å². The van der Waals surface area contributed by atoms with Gasteiger partial charge in [0.05, 0.1) is 11.5 Å². The molecule has 3 N–H and O–H groups in total. The van der Waals surface area contributed by atoms with Gasteiger partial charge in [0.2, 0.25) is 5.91 Å². The standard InChI is InChI=1S/C10H19NO4/c1-6(7(2)9(13)14)8(12)11-5-10(3,4)15/h6-7,15H,5H2,1-4H3,(H,11,12)(H,13,14). The van der Waals surface area contributed by atoms with Gasteiger partial charge in [-0.25, -0.2) is 0 Å². The highest BCUT2D eigenvalue weighted by molar-refractivity contribution is 5.84. The largest absolute Gasteiger partial charge is 0.481 e. The van der Waals surface area contributed by atoms with Gasteiger partial charge in [0.15, 0.2) is 0 Å². The number of nitrogens with one attached hydrogen (secondary N) is 1. The van der Waals surface area contributed by atoms with Crippen LogP contribution in [0.5, 0.6) is 0 Å². The van der Waals surface area contributed by atoms with Crippen LogP contribution in [-0.4, -0.2) is 34.2 Å². The molecule has 1 amide bonds. The molecule has 0 heterocycles. The highest BCUT2D eigenvalue weighted by Gasteiger charge is 2.26. The van der Waals surface area contributed by atoms with E-state index in [1.165, 1.54) is 6.92 Å². The quantitative estimate of drug-likeness (QED) is 0.615. The molecule has 0 aliphatic heterocycles. The second-order valence-corrected chi connectivity index (χ2v) is 4.45. The van der Waals surface area contributed by atoms with Crippen LogP contribution in [0.15, 0.2) is 0 Å². The molecule has 0 saturated carbocycles. The molecule has 0 aliphatic carbocycles. The number of hydrogen-bond acceptors (Lipinski definition) is 3. The minimum absolute atomic E-state index is 0.114. The summed E-state index contributed by atoms with van der Waals surface area (Å²) < 4.78 is 0. The second-order valence-electron chi connectivity index (χ2n) is 4.45. The summed E-state index contributed by atoms with van der Waals surface area (Å²) in [4.78, 5) is 22.1. The molecule has 15 heavy (non-hydrogen) atoms. The van der Waals surface area contributed by atoms with Crippen molar-refractivity contribution in [3.05, 3.63) is 0 Å². The van der Waals surface area contributed by atoms with Crippen LogP contribution in [-0.2, 0) is 9.59 Å². The summed E-state index contributed by atoms with van der Waals surface area (Å²) in [7, 11) is 0. The molecule has 0 fully saturated rings. The van der Waals surface area contributed by atoms with E-state index in [0.717, 1.165) is 0 Å². The number of amides is 1. The first-order valence-corrected chi connectivity index (χ1v) is 4.88. The van der Waals surface area contributed by atoms with E-state index >= 15 is 0 Å². The minimum Gasteiger partial charge on any atom is -0.481 e. The maximum absolute atomic E-state index is 11.5. The molecular weight excluding hydrogens is 198 g/mol. The number of carbonyl (C=O) groups excluding carboxylic acids is 1. The zero-order chi connectivity index (χ0) is 12.2. The fourth-order valence-corrected chi connectivity index (χ4v) is 0.905. The summed E-state index contributed by atoms with van der Waals surface area (Å²) in [5.41, 5.74) is -0.984. The van der Waals surface area contributed by atoms with Gasteiger partial charge in [0.25, 0.3) is 0 Å². The van der Waals surface area contributed by atoms with Crippen LogP contribution in [0.4, 0.5) is 0 Å².